The van der Waals surface area contributed by atoms with Gasteiger partial charge in [0.1, 0.15) is 6.04 Å². The summed E-state index contributed by atoms with van der Waals surface area (Å²) in [6, 6.07) is -0.718. The molecule has 0 unspecified atom stereocenters. The Bertz CT molecular complexity index is 418. The second-order valence-electron chi connectivity index (χ2n) is 6.07. The molecule has 0 saturated carbocycles. The molecule has 0 spiro atoms. The Morgan fingerprint density at radius 1 is 1.10 bits per heavy atom. The summed E-state index contributed by atoms with van der Waals surface area (Å²) in [5.41, 5.74) is 0. The van der Waals surface area contributed by atoms with Gasteiger partial charge in [0.15, 0.2) is 0 Å². The number of carboxylic acids is 1. The lowest BCUT2D eigenvalue weighted by Gasteiger charge is -2.29. The van der Waals surface area contributed by atoms with Gasteiger partial charge < -0.3 is 14.9 Å². The number of hydrogen-bond donors (Lipinski definition) is 1. The molecule has 0 aromatic carbocycles. The molecule has 2 amide bonds. The summed E-state index contributed by atoms with van der Waals surface area (Å²) < 4.78 is 0. The lowest BCUT2D eigenvalue weighted by molar-refractivity contribution is -0.150. The number of hydrogen-bond acceptors (Lipinski definition) is 3. The van der Waals surface area contributed by atoms with Crippen LogP contribution in [0.2, 0.25) is 0 Å². The Balaban J connectivity index is 1.89. The van der Waals surface area contributed by atoms with Crippen LogP contribution in [0, 0.1) is 5.92 Å². The zero-order valence-corrected chi connectivity index (χ0v) is 12.6. The molecule has 2 aliphatic heterocycles. The molecule has 2 saturated heterocycles. The van der Waals surface area contributed by atoms with Gasteiger partial charge in [-0.3, -0.25) is 9.59 Å². The molecule has 6 nitrogen and oxygen atoms in total. The topological polar surface area (TPSA) is 77.9 Å². The smallest absolute Gasteiger partial charge is 0.326 e. The minimum Gasteiger partial charge on any atom is -0.480 e. The number of carbonyl (C=O) groups is 3. The highest BCUT2D eigenvalue weighted by Gasteiger charge is 2.36. The quantitative estimate of drug-likeness (QED) is 0.842. The first kappa shape index (κ1) is 15.8. The van der Waals surface area contributed by atoms with Crippen molar-refractivity contribution in [3.63, 3.8) is 0 Å². The zero-order chi connectivity index (χ0) is 15.4. The standard InChI is InChI=1S/C15H24N2O4/c1-11(10-13(18)16-7-3-2-4-8-16)14(19)17-9-5-6-12(17)15(20)21/h11-12H,2-10H2,1H3,(H,20,21)/t11-,12+/m1/s1. The van der Waals surface area contributed by atoms with Crippen LogP contribution in [0.4, 0.5) is 0 Å². The Hall–Kier alpha value is -1.59. The molecular formula is C15H24N2O4. The van der Waals surface area contributed by atoms with Gasteiger partial charge in [-0.15, -0.1) is 0 Å². The van der Waals surface area contributed by atoms with Gasteiger partial charge in [-0.2, -0.15) is 0 Å². The van der Waals surface area contributed by atoms with E-state index in [4.69, 9.17) is 5.11 Å². The second kappa shape index (κ2) is 6.91. The first-order valence-corrected chi connectivity index (χ1v) is 7.81. The molecule has 2 heterocycles. The highest BCUT2D eigenvalue weighted by atomic mass is 16.4. The van der Waals surface area contributed by atoms with Crippen LogP contribution in [-0.4, -0.2) is 58.4 Å². The highest BCUT2D eigenvalue weighted by molar-refractivity contribution is 5.89. The van der Waals surface area contributed by atoms with Crippen LogP contribution in [0.25, 0.3) is 0 Å². The van der Waals surface area contributed by atoms with Gasteiger partial charge >= 0.3 is 5.97 Å². The number of piperidine rings is 1. The van der Waals surface area contributed by atoms with Gasteiger partial charge in [-0.05, 0) is 32.1 Å². The van der Waals surface area contributed by atoms with Crippen LogP contribution in [0.15, 0.2) is 0 Å². The third-order valence-corrected chi connectivity index (χ3v) is 4.43. The van der Waals surface area contributed by atoms with Gasteiger partial charge in [0, 0.05) is 32.0 Å². The van der Waals surface area contributed by atoms with E-state index in [0.29, 0.717) is 13.0 Å². The van der Waals surface area contributed by atoms with E-state index in [1.807, 2.05) is 4.90 Å². The second-order valence-corrected chi connectivity index (χ2v) is 6.07. The van der Waals surface area contributed by atoms with Gasteiger partial charge in [-0.1, -0.05) is 6.92 Å². The molecule has 2 aliphatic rings. The summed E-state index contributed by atoms with van der Waals surface area (Å²) in [5, 5.41) is 9.13. The fourth-order valence-electron chi connectivity index (χ4n) is 3.19. The van der Waals surface area contributed by atoms with Gasteiger partial charge in [-0.25, -0.2) is 4.79 Å². The van der Waals surface area contributed by atoms with Crippen molar-refractivity contribution in [2.45, 2.75) is 51.5 Å². The molecule has 6 heteroatoms. The molecule has 2 atom stereocenters. The molecule has 1 N–H and O–H groups in total. The molecule has 118 valence electrons. The molecule has 0 aromatic rings. The van der Waals surface area contributed by atoms with E-state index in [9.17, 15) is 14.4 Å². The van der Waals surface area contributed by atoms with E-state index < -0.39 is 17.9 Å². The van der Waals surface area contributed by atoms with E-state index >= 15 is 0 Å². The first-order chi connectivity index (χ1) is 10.0. The predicted molar refractivity (Wildman–Crippen MR) is 76.6 cm³/mol. The Morgan fingerprint density at radius 2 is 1.76 bits per heavy atom. The molecule has 0 radical (unpaired) electrons. The fraction of sp³-hybridized carbons (Fsp3) is 0.800. The van der Waals surface area contributed by atoms with Crippen molar-refractivity contribution in [1.82, 2.24) is 9.80 Å². The number of carboxylic acid groups (broad SMARTS) is 1. The van der Waals surface area contributed by atoms with Gasteiger partial charge in [0.05, 0.1) is 0 Å². The van der Waals surface area contributed by atoms with Crippen molar-refractivity contribution in [2.75, 3.05) is 19.6 Å². The number of rotatable bonds is 4. The van der Waals surface area contributed by atoms with Gasteiger partial charge in [0.25, 0.3) is 0 Å². The molecule has 21 heavy (non-hydrogen) atoms. The summed E-state index contributed by atoms with van der Waals surface area (Å²) in [6.07, 6.45) is 4.62. The van der Waals surface area contributed by atoms with Crippen LogP contribution in [0.5, 0.6) is 0 Å². The summed E-state index contributed by atoms with van der Waals surface area (Å²) in [4.78, 5) is 38.9. The molecule has 0 bridgehead atoms. The largest absolute Gasteiger partial charge is 0.480 e. The zero-order valence-electron chi connectivity index (χ0n) is 12.6. The maximum atomic E-state index is 12.4. The third-order valence-electron chi connectivity index (χ3n) is 4.43. The summed E-state index contributed by atoms with van der Waals surface area (Å²) in [5.74, 6) is -1.58. The van der Waals surface area contributed by atoms with Crippen molar-refractivity contribution in [1.29, 1.82) is 0 Å². The third kappa shape index (κ3) is 3.74. The number of carbonyl (C=O) groups excluding carboxylic acids is 2. The average molecular weight is 296 g/mol. The lowest BCUT2D eigenvalue weighted by Crippen LogP contribution is -2.44. The monoisotopic (exact) mass is 296 g/mol. The van der Waals surface area contributed by atoms with Crippen LogP contribution in [0.3, 0.4) is 0 Å². The number of likely N-dealkylation sites (tertiary alicyclic amines) is 2. The van der Waals surface area contributed by atoms with E-state index in [0.717, 1.165) is 38.8 Å². The van der Waals surface area contributed by atoms with Crippen LogP contribution >= 0.6 is 0 Å². The van der Waals surface area contributed by atoms with Crippen molar-refractivity contribution in [3.05, 3.63) is 0 Å². The molecular weight excluding hydrogens is 272 g/mol. The van der Waals surface area contributed by atoms with E-state index in [1.165, 1.54) is 4.90 Å². The van der Waals surface area contributed by atoms with Crippen molar-refractivity contribution in [3.8, 4) is 0 Å². The summed E-state index contributed by atoms with van der Waals surface area (Å²) >= 11 is 0. The Morgan fingerprint density at radius 3 is 2.38 bits per heavy atom. The number of nitrogens with zero attached hydrogens (tertiary/aromatic N) is 2. The summed E-state index contributed by atoms with van der Waals surface area (Å²) in [7, 11) is 0. The maximum Gasteiger partial charge on any atom is 0.326 e. The molecule has 0 aromatic heterocycles. The van der Waals surface area contributed by atoms with Crippen molar-refractivity contribution in [2.24, 2.45) is 5.92 Å². The molecule has 2 fully saturated rings. The normalized spacial score (nSPS) is 24.0. The molecule has 0 aliphatic carbocycles. The maximum absolute atomic E-state index is 12.4. The Kier molecular flexibility index (Phi) is 5.20. The van der Waals surface area contributed by atoms with Crippen molar-refractivity contribution < 1.29 is 19.5 Å². The van der Waals surface area contributed by atoms with Crippen LogP contribution in [0.1, 0.15) is 45.4 Å². The Labute approximate surface area is 125 Å². The number of aliphatic carboxylic acids is 1. The SMILES string of the molecule is C[C@H](CC(=O)N1CCCCC1)C(=O)N1CCC[C@H]1C(=O)O. The van der Waals surface area contributed by atoms with Crippen molar-refractivity contribution >= 4 is 17.8 Å². The first-order valence-electron chi connectivity index (χ1n) is 7.81. The average Bonchev–Trinajstić information content (AvgIpc) is 2.96. The minimum atomic E-state index is -0.949. The van der Waals surface area contributed by atoms with E-state index in [1.54, 1.807) is 6.92 Å². The van der Waals surface area contributed by atoms with E-state index in [-0.39, 0.29) is 18.2 Å². The predicted octanol–water partition coefficient (Wildman–Crippen LogP) is 1.10. The summed E-state index contributed by atoms with van der Waals surface area (Å²) in [6.45, 7) is 3.77. The fourth-order valence-corrected chi connectivity index (χ4v) is 3.19. The van der Waals surface area contributed by atoms with Crippen LogP contribution < -0.4 is 0 Å². The van der Waals surface area contributed by atoms with Gasteiger partial charge in [0.2, 0.25) is 11.8 Å². The lowest BCUT2D eigenvalue weighted by atomic mass is 10.0. The van der Waals surface area contributed by atoms with E-state index in [2.05, 4.69) is 0 Å². The van der Waals surface area contributed by atoms with Crippen LogP contribution in [-0.2, 0) is 14.4 Å². The minimum absolute atomic E-state index is 0.0154. The molecule has 2 rings (SSSR count). The number of amides is 2. The highest BCUT2D eigenvalue weighted by Crippen LogP contribution is 2.22.